The van der Waals surface area contributed by atoms with Crippen molar-refractivity contribution in [2.24, 2.45) is 0 Å². The standard InChI is InChI=1S/C15H16NO/c1-3-17-15-9-7-13(8-10-15)16-14-6-4-5-12(2)11-14/h4-5,7-11,16H,3H2,1-2H3. The zero-order valence-corrected chi connectivity index (χ0v) is 10.2. The van der Waals surface area contributed by atoms with Crippen molar-refractivity contribution < 1.29 is 4.74 Å². The Morgan fingerprint density at radius 2 is 1.94 bits per heavy atom. The highest BCUT2D eigenvalue weighted by molar-refractivity contribution is 5.60. The van der Waals surface area contributed by atoms with E-state index in [-0.39, 0.29) is 0 Å². The third kappa shape index (κ3) is 3.25. The molecule has 2 rings (SSSR count). The Labute approximate surface area is 102 Å². The largest absolute Gasteiger partial charge is 0.494 e. The first kappa shape index (κ1) is 11.5. The summed E-state index contributed by atoms with van der Waals surface area (Å²) in [4.78, 5) is 0. The van der Waals surface area contributed by atoms with E-state index in [0.717, 1.165) is 17.1 Å². The quantitative estimate of drug-likeness (QED) is 0.852. The second kappa shape index (κ2) is 5.39. The molecule has 1 N–H and O–H groups in total. The maximum absolute atomic E-state index is 5.39. The van der Waals surface area contributed by atoms with Crippen LogP contribution < -0.4 is 10.1 Å². The van der Waals surface area contributed by atoms with Crippen molar-refractivity contribution in [1.82, 2.24) is 0 Å². The van der Waals surface area contributed by atoms with Crippen LogP contribution in [0.2, 0.25) is 0 Å². The second-order valence-corrected chi connectivity index (χ2v) is 3.86. The van der Waals surface area contributed by atoms with Gasteiger partial charge in [-0.05, 0) is 49.7 Å². The minimum Gasteiger partial charge on any atom is -0.494 e. The van der Waals surface area contributed by atoms with Gasteiger partial charge in [0.25, 0.3) is 0 Å². The van der Waals surface area contributed by atoms with Crippen molar-refractivity contribution >= 4 is 11.4 Å². The van der Waals surface area contributed by atoms with Crippen molar-refractivity contribution in [2.45, 2.75) is 13.8 Å². The molecule has 0 amide bonds. The van der Waals surface area contributed by atoms with E-state index >= 15 is 0 Å². The molecule has 0 spiro atoms. The third-order valence-corrected chi connectivity index (χ3v) is 2.40. The van der Waals surface area contributed by atoms with Gasteiger partial charge in [-0.2, -0.15) is 0 Å². The highest BCUT2D eigenvalue weighted by Crippen LogP contribution is 2.20. The van der Waals surface area contributed by atoms with Gasteiger partial charge in [-0.3, -0.25) is 0 Å². The molecule has 2 nitrogen and oxygen atoms in total. The molecule has 0 aliphatic rings. The van der Waals surface area contributed by atoms with Gasteiger partial charge in [0, 0.05) is 17.4 Å². The summed E-state index contributed by atoms with van der Waals surface area (Å²) in [5.41, 5.74) is 3.24. The Bertz CT molecular complexity index is 477. The molecule has 0 saturated carbocycles. The average molecular weight is 226 g/mol. The summed E-state index contributed by atoms with van der Waals surface area (Å²) >= 11 is 0. The molecule has 2 aromatic rings. The Morgan fingerprint density at radius 3 is 2.59 bits per heavy atom. The molecule has 0 bridgehead atoms. The van der Waals surface area contributed by atoms with Crippen LogP contribution >= 0.6 is 0 Å². The van der Waals surface area contributed by atoms with Crippen LogP contribution in [0.1, 0.15) is 12.5 Å². The molecule has 0 unspecified atom stereocenters. The first-order chi connectivity index (χ1) is 8.28. The van der Waals surface area contributed by atoms with Gasteiger partial charge in [0.05, 0.1) is 6.61 Å². The molecule has 0 aliphatic carbocycles. The van der Waals surface area contributed by atoms with Crippen LogP contribution in [-0.2, 0) is 0 Å². The fourth-order valence-electron chi connectivity index (χ4n) is 1.61. The van der Waals surface area contributed by atoms with Crippen molar-refractivity contribution in [2.75, 3.05) is 11.9 Å². The van der Waals surface area contributed by atoms with Crippen LogP contribution in [0.3, 0.4) is 0 Å². The van der Waals surface area contributed by atoms with Crippen LogP contribution in [0, 0.1) is 13.0 Å². The zero-order valence-electron chi connectivity index (χ0n) is 10.2. The van der Waals surface area contributed by atoms with E-state index in [0.29, 0.717) is 6.61 Å². The van der Waals surface area contributed by atoms with E-state index in [1.165, 1.54) is 5.56 Å². The zero-order chi connectivity index (χ0) is 12.1. The van der Waals surface area contributed by atoms with Crippen molar-refractivity contribution in [3.8, 4) is 5.75 Å². The second-order valence-electron chi connectivity index (χ2n) is 3.86. The minimum absolute atomic E-state index is 0.693. The normalized spacial score (nSPS) is 10.0. The lowest BCUT2D eigenvalue weighted by molar-refractivity contribution is 0.340. The summed E-state index contributed by atoms with van der Waals surface area (Å²) in [5.74, 6) is 0.895. The molecule has 87 valence electrons. The highest BCUT2D eigenvalue weighted by atomic mass is 16.5. The number of ether oxygens (including phenoxy) is 1. The smallest absolute Gasteiger partial charge is 0.119 e. The number of hydrogen-bond acceptors (Lipinski definition) is 2. The van der Waals surface area contributed by atoms with E-state index in [4.69, 9.17) is 4.74 Å². The van der Waals surface area contributed by atoms with Crippen molar-refractivity contribution in [1.29, 1.82) is 0 Å². The molecule has 0 aromatic heterocycles. The topological polar surface area (TPSA) is 21.3 Å². The number of hydrogen-bond donors (Lipinski definition) is 1. The SMILES string of the molecule is CCOc1ccc(Nc2[c]ccc(C)c2)cc1. The van der Waals surface area contributed by atoms with Gasteiger partial charge < -0.3 is 10.1 Å². The Kier molecular flexibility index (Phi) is 3.66. The van der Waals surface area contributed by atoms with Crippen LogP contribution in [-0.4, -0.2) is 6.61 Å². The molecule has 1 radical (unpaired) electrons. The van der Waals surface area contributed by atoms with Crippen LogP contribution in [0.5, 0.6) is 5.75 Å². The van der Waals surface area contributed by atoms with Gasteiger partial charge in [0.2, 0.25) is 0 Å². The molecule has 0 atom stereocenters. The molecule has 0 fully saturated rings. The van der Waals surface area contributed by atoms with Gasteiger partial charge in [-0.1, -0.05) is 12.1 Å². The highest BCUT2D eigenvalue weighted by Gasteiger charge is 1.96. The van der Waals surface area contributed by atoms with E-state index in [9.17, 15) is 0 Å². The van der Waals surface area contributed by atoms with Crippen LogP contribution in [0.4, 0.5) is 11.4 Å². The van der Waals surface area contributed by atoms with E-state index < -0.39 is 0 Å². The summed E-state index contributed by atoms with van der Waals surface area (Å²) in [6.45, 7) is 4.74. The average Bonchev–Trinajstić information content (AvgIpc) is 2.32. The molecule has 0 aliphatic heterocycles. The summed E-state index contributed by atoms with van der Waals surface area (Å²) in [5, 5.41) is 3.30. The van der Waals surface area contributed by atoms with Gasteiger partial charge in [-0.25, -0.2) is 0 Å². The molecule has 2 aromatic carbocycles. The minimum atomic E-state index is 0.693. The predicted molar refractivity (Wildman–Crippen MR) is 70.9 cm³/mol. The number of aryl methyl sites for hydroxylation is 1. The van der Waals surface area contributed by atoms with E-state index in [2.05, 4.69) is 24.4 Å². The third-order valence-electron chi connectivity index (χ3n) is 2.40. The predicted octanol–water partition coefficient (Wildman–Crippen LogP) is 3.94. The number of rotatable bonds is 4. The monoisotopic (exact) mass is 226 g/mol. The Morgan fingerprint density at radius 1 is 1.18 bits per heavy atom. The van der Waals surface area contributed by atoms with Gasteiger partial charge in [0.15, 0.2) is 0 Å². The van der Waals surface area contributed by atoms with Crippen molar-refractivity contribution in [3.05, 3.63) is 54.1 Å². The maximum Gasteiger partial charge on any atom is 0.119 e. The molecule has 17 heavy (non-hydrogen) atoms. The molecular formula is C15H16NO. The Balaban J connectivity index is 2.08. The van der Waals surface area contributed by atoms with E-state index in [1.54, 1.807) is 0 Å². The number of nitrogens with one attached hydrogen (secondary N) is 1. The molecule has 2 heteroatoms. The fourth-order valence-corrected chi connectivity index (χ4v) is 1.61. The van der Waals surface area contributed by atoms with Crippen LogP contribution in [0.15, 0.2) is 42.5 Å². The summed E-state index contributed by atoms with van der Waals surface area (Å²) in [7, 11) is 0. The lowest BCUT2D eigenvalue weighted by Gasteiger charge is -2.08. The van der Waals surface area contributed by atoms with Crippen LogP contribution in [0.25, 0.3) is 0 Å². The van der Waals surface area contributed by atoms with Crippen molar-refractivity contribution in [3.63, 3.8) is 0 Å². The van der Waals surface area contributed by atoms with Gasteiger partial charge in [-0.15, -0.1) is 0 Å². The van der Waals surface area contributed by atoms with E-state index in [1.807, 2.05) is 43.3 Å². The molecule has 0 saturated heterocycles. The maximum atomic E-state index is 5.39. The number of benzene rings is 2. The van der Waals surface area contributed by atoms with Gasteiger partial charge >= 0.3 is 0 Å². The van der Waals surface area contributed by atoms with Gasteiger partial charge in [0.1, 0.15) is 5.75 Å². The fraction of sp³-hybridized carbons (Fsp3) is 0.200. The lowest BCUT2D eigenvalue weighted by atomic mass is 10.2. The summed E-state index contributed by atoms with van der Waals surface area (Å²) in [6.07, 6.45) is 0. The lowest BCUT2D eigenvalue weighted by Crippen LogP contribution is -1.93. The molecule has 0 heterocycles. The first-order valence-corrected chi connectivity index (χ1v) is 5.76. The first-order valence-electron chi connectivity index (χ1n) is 5.76. The summed E-state index contributed by atoms with van der Waals surface area (Å²) in [6, 6.07) is 17.1. The molecular weight excluding hydrogens is 210 g/mol. The number of anilines is 2. The summed E-state index contributed by atoms with van der Waals surface area (Å²) < 4.78 is 5.39. The Hall–Kier alpha value is -1.96.